The molecule has 2 N–H and O–H groups in total. The van der Waals surface area contributed by atoms with Crippen LogP contribution in [0.4, 0.5) is 16.2 Å². The van der Waals surface area contributed by atoms with Crippen molar-refractivity contribution in [2.24, 2.45) is 0 Å². The number of carbonyl (C=O) groups excluding carboxylic acids is 1. The summed E-state index contributed by atoms with van der Waals surface area (Å²) in [5.74, 6) is 1.14. The molecule has 2 aromatic heterocycles. The molecule has 2 aromatic carbocycles. The normalized spacial score (nSPS) is 10.6. The van der Waals surface area contributed by atoms with Gasteiger partial charge in [0.05, 0.1) is 19.9 Å². The van der Waals surface area contributed by atoms with Crippen LogP contribution in [0.3, 0.4) is 0 Å². The second-order valence-corrected chi connectivity index (χ2v) is 6.82. The molecule has 0 bridgehead atoms. The van der Waals surface area contributed by atoms with Gasteiger partial charge in [0.25, 0.3) is 0 Å². The van der Waals surface area contributed by atoms with Crippen LogP contribution < -0.4 is 20.1 Å². The molecule has 0 atom stereocenters. The van der Waals surface area contributed by atoms with Crippen LogP contribution in [0.5, 0.6) is 11.5 Å². The minimum absolute atomic E-state index is 0.352. The number of imidazole rings is 1. The predicted molar refractivity (Wildman–Crippen MR) is 111 cm³/mol. The molecule has 142 valence electrons. The number of thiazole rings is 1. The van der Waals surface area contributed by atoms with Crippen LogP contribution >= 0.6 is 11.3 Å². The van der Waals surface area contributed by atoms with E-state index in [1.54, 1.807) is 43.8 Å². The van der Waals surface area contributed by atoms with E-state index >= 15 is 0 Å². The Hall–Kier alpha value is -3.52. The lowest BCUT2D eigenvalue weighted by Gasteiger charge is -2.11. The molecule has 0 aliphatic carbocycles. The quantitative estimate of drug-likeness (QED) is 0.513. The van der Waals surface area contributed by atoms with Gasteiger partial charge in [-0.25, -0.2) is 9.78 Å². The number of fused-ring (bicyclic) bond motifs is 1. The number of amides is 2. The molecule has 2 amide bonds. The molecule has 8 heteroatoms. The molecule has 28 heavy (non-hydrogen) atoms. The van der Waals surface area contributed by atoms with Crippen LogP contribution in [0.15, 0.2) is 60.2 Å². The maximum absolute atomic E-state index is 12.4. The minimum atomic E-state index is -0.352. The van der Waals surface area contributed by atoms with Crippen molar-refractivity contribution in [3.05, 3.63) is 60.2 Å². The van der Waals surface area contributed by atoms with Gasteiger partial charge >= 0.3 is 6.03 Å². The first-order valence-electron chi connectivity index (χ1n) is 8.49. The first-order valence-corrected chi connectivity index (χ1v) is 9.37. The number of ether oxygens (including phenoxy) is 2. The van der Waals surface area contributed by atoms with Gasteiger partial charge in [-0.3, -0.25) is 4.40 Å². The standard InChI is InChI=1S/C20H18N4O3S/c1-26-17-7-6-15(11-18(17)27-2)22-19(25)21-14-5-3-4-13(10-14)16-12-24-8-9-28-20(24)23-16/h3-12H,1-2H3,(H2,21,22,25). The van der Waals surface area contributed by atoms with Crippen LogP contribution in [-0.4, -0.2) is 29.6 Å². The number of carbonyl (C=O) groups is 1. The molecule has 0 unspecified atom stereocenters. The van der Waals surface area contributed by atoms with E-state index in [0.717, 1.165) is 16.2 Å². The van der Waals surface area contributed by atoms with Gasteiger partial charge in [-0.1, -0.05) is 12.1 Å². The zero-order valence-electron chi connectivity index (χ0n) is 15.3. The summed E-state index contributed by atoms with van der Waals surface area (Å²) in [6.45, 7) is 0. The third kappa shape index (κ3) is 3.63. The maximum Gasteiger partial charge on any atom is 0.323 e. The Morgan fingerprint density at radius 3 is 2.57 bits per heavy atom. The monoisotopic (exact) mass is 394 g/mol. The molecular formula is C20H18N4O3S. The van der Waals surface area contributed by atoms with Crippen LogP contribution in [-0.2, 0) is 0 Å². The molecule has 4 aromatic rings. The van der Waals surface area contributed by atoms with Crippen LogP contribution in [0.25, 0.3) is 16.2 Å². The van der Waals surface area contributed by atoms with E-state index in [1.807, 2.05) is 46.4 Å². The zero-order chi connectivity index (χ0) is 19.5. The molecule has 4 rings (SSSR count). The Morgan fingerprint density at radius 2 is 1.82 bits per heavy atom. The Kier molecular flexibility index (Phi) is 4.86. The van der Waals surface area contributed by atoms with Crippen molar-refractivity contribution >= 4 is 33.7 Å². The zero-order valence-corrected chi connectivity index (χ0v) is 16.1. The lowest BCUT2D eigenvalue weighted by molar-refractivity contribution is 0.262. The summed E-state index contributed by atoms with van der Waals surface area (Å²) in [5, 5.41) is 7.62. The summed E-state index contributed by atoms with van der Waals surface area (Å²) in [6, 6.07) is 12.4. The Morgan fingerprint density at radius 1 is 1.04 bits per heavy atom. The molecule has 0 saturated carbocycles. The highest BCUT2D eigenvalue weighted by Crippen LogP contribution is 2.30. The smallest absolute Gasteiger partial charge is 0.323 e. The number of urea groups is 1. The highest BCUT2D eigenvalue weighted by molar-refractivity contribution is 7.15. The third-order valence-corrected chi connectivity index (χ3v) is 4.92. The van der Waals surface area contributed by atoms with Gasteiger partial charge in [-0.15, -0.1) is 11.3 Å². The number of nitrogens with one attached hydrogen (secondary N) is 2. The SMILES string of the molecule is COc1ccc(NC(=O)Nc2cccc(-c3cn4ccsc4n3)c2)cc1OC. The summed E-state index contributed by atoms with van der Waals surface area (Å²) in [6.07, 6.45) is 3.93. The van der Waals surface area contributed by atoms with Crippen LogP contribution in [0, 0.1) is 0 Å². The largest absolute Gasteiger partial charge is 0.493 e. The van der Waals surface area contributed by atoms with Crippen molar-refractivity contribution in [2.75, 3.05) is 24.9 Å². The highest BCUT2D eigenvalue weighted by atomic mass is 32.1. The van der Waals surface area contributed by atoms with Crippen molar-refractivity contribution < 1.29 is 14.3 Å². The van der Waals surface area contributed by atoms with Gasteiger partial charge in [-0.2, -0.15) is 0 Å². The number of anilines is 2. The van der Waals surface area contributed by atoms with E-state index in [1.165, 1.54) is 0 Å². The van der Waals surface area contributed by atoms with Crippen molar-refractivity contribution in [1.82, 2.24) is 9.38 Å². The molecule has 0 spiro atoms. The summed E-state index contributed by atoms with van der Waals surface area (Å²) < 4.78 is 12.4. The van der Waals surface area contributed by atoms with Gasteiger partial charge in [0.2, 0.25) is 0 Å². The molecular weight excluding hydrogens is 376 g/mol. The van der Waals surface area contributed by atoms with Gasteiger partial charge in [-0.05, 0) is 24.3 Å². The van der Waals surface area contributed by atoms with Gasteiger partial charge < -0.3 is 20.1 Å². The summed E-state index contributed by atoms with van der Waals surface area (Å²) in [7, 11) is 3.11. The topological polar surface area (TPSA) is 76.9 Å². The van der Waals surface area contributed by atoms with Crippen molar-refractivity contribution in [2.45, 2.75) is 0 Å². The van der Waals surface area contributed by atoms with E-state index < -0.39 is 0 Å². The Labute approximate surface area is 165 Å². The third-order valence-electron chi connectivity index (χ3n) is 4.15. The average molecular weight is 394 g/mol. The molecule has 0 aliphatic rings. The second-order valence-electron chi connectivity index (χ2n) is 5.95. The Bertz CT molecular complexity index is 1110. The van der Waals surface area contributed by atoms with Gasteiger partial charge in [0, 0.05) is 40.8 Å². The van der Waals surface area contributed by atoms with E-state index in [0.29, 0.717) is 22.9 Å². The molecule has 0 fully saturated rings. The number of hydrogen-bond acceptors (Lipinski definition) is 5. The van der Waals surface area contributed by atoms with Crippen molar-refractivity contribution in [3.8, 4) is 22.8 Å². The number of methoxy groups -OCH3 is 2. The first-order chi connectivity index (χ1) is 13.7. The number of benzene rings is 2. The molecule has 0 saturated heterocycles. The molecule has 0 radical (unpaired) electrons. The second kappa shape index (κ2) is 7.61. The lowest BCUT2D eigenvalue weighted by atomic mass is 10.1. The maximum atomic E-state index is 12.4. The number of aromatic nitrogens is 2. The van der Waals surface area contributed by atoms with E-state index in [-0.39, 0.29) is 6.03 Å². The fourth-order valence-corrected chi connectivity index (χ4v) is 3.53. The summed E-state index contributed by atoms with van der Waals surface area (Å²) in [5.41, 5.74) is 3.06. The van der Waals surface area contributed by atoms with Crippen LogP contribution in [0.2, 0.25) is 0 Å². The van der Waals surface area contributed by atoms with E-state index in [9.17, 15) is 4.79 Å². The lowest BCUT2D eigenvalue weighted by Crippen LogP contribution is -2.19. The molecule has 0 aliphatic heterocycles. The minimum Gasteiger partial charge on any atom is -0.493 e. The average Bonchev–Trinajstić information content (AvgIpc) is 3.30. The van der Waals surface area contributed by atoms with Gasteiger partial charge in [0.15, 0.2) is 16.5 Å². The first kappa shape index (κ1) is 17.9. The van der Waals surface area contributed by atoms with E-state index in [4.69, 9.17) is 9.47 Å². The van der Waals surface area contributed by atoms with E-state index in [2.05, 4.69) is 15.6 Å². The fraction of sp³-hybridized carbons (Fsp3) is 0.100. The van der Waals surface area contributed by atoms with Crippen LogP contribution in [0.1, 0.15) is 0 Å². The summed E-state index contributed by atoms with van der Waals surface area (Å²) in [4.78, 5) is 17.9. The number of nitrogens with zero attached hydrogens (tertiary/aromatic N) is 2. The highest BCUT2D eigenvalue weighted by Gasteiger charge is 2.09. The number of hydrogen-bond donors (Lipinski definition) is 2. The Balaban J connectivity index is 1.48. The van der Waals surface area contributed by atoms with Gasteiger partial charge in [0.1, 0.15) is 0 Å². The summed E-state index contributed by atoms with van der Waals surface area (Å²) >= 11 is 1.58. The molecule has 2 heterocycles. The van der Waals surface area contributed by atoms with Crippen molar-refractivity contribution in [1.29, 1.82) is 0 Å². The molecule has 7 nitrogen and oxygen atoms in total. The number of rotatable bonds is 5. The predicted octanol–water partition coefficient (Wildman–Crippen LogP) is 4.72. The fourth-order valence-electron chi connectivity index (χ4n) is 2.83. The van der Waals surface area contributed by atoms with Crippen molar-refractivity contribution in [3.63, 3.8) is 0 Å².